The Morgan fingerprint density at radius 1 is 1.28 bits per heavy atom. The quantitative estimate of drug-likeness (QED) is 0.649. The summed E-state index contributed by atoms with van der Waals surface area (Å²) in [6.07, 6.45) is 4.05. The summed E-state index contributed by atoms with van der Waals surface area (Å²) in [4.78, 5) is 17.5. The molecule has 18 heavy (non-hydrogen) atoms. The summed E-state index contributed by atoms with van der Waals surface area (Å²) < 4.78 is 0. The summed E-state index contributed by atoms with van der Waals surface area (Å²) in [7, 11) is 3.98. The molecule has 0 radical (unpaired) electrons. The summed E-state index contributed by atoms with van der Waals surface area (Å²) in [6, 6.07) is 3.92. The predicted octanol–water partition coefficient (Wildman–Crippen LogP) is 0.239. The summed E-state index contributed by atoms with van der Waals surface area (Å²) in [5.74, 6) is 0.0964. The lowest BCUT2D eigenvalue weighted by Gasteiger charge is -2.10. The number of nitrogens with zero attached hydrogens (tertiary/aromatic N) is 2. The van der Waals surface area contributed by atoms with Crippen LogP contribution in [-0.2, 0) is 11.3 Å². The lowest BCUT2D eigenvalue weighted by molar-refractivity contribution is -0.121. The zero-order chi connectivity index (χ0) is 13.2. The van der Waals surface area contributed by atoms with Gasteiger partial charge in [-0.2, -0.15) is 0 Å². The van der Waals surface area contributed by atoms with Crippen molar-refractivity contribution in [2.24, 2.45) is 0 Å². The number of carbonyl (C=O) groups is 1. The molecule has 100 valence electrons. The first-order valence-corrected chi connectivity index (χ1v) is 6.19. The van der Waals surface area contributed by atoms with E-state index in [4.69, 9.17) is 0 Å². The van der Waals surface area contributed by atoms with Crippen LogP contribution >= 0.6 is 0 Å². The maximum Gasteiger partial charge on any atom is 0.221 e. The van der Waals surface area contributed by atoms with Crippen LogP contribution in [-0.4, -0.2) is 49.5 Å². The highest BCUT2D eigenvalue weighted by atomic mass is 16.1. The summed E-state index contributed by atoms with van der Waals surface area (Å²) in [5, 5.41) is 6.11. The van der Waals surface area contributed by atoms with Crippen LogP contribution in [0.15, 0.2) is 24.5 Å². The summed E-state index contributed by atoms with van der Waals surface area (Å²) >= 11 is 0. The number of nitrogens with one attached hydrogen (secondary N) is 2. The van der Waals surface area contributed by atoms with Gasteiger partial charge in [-0.25, -0.2) is 0 Å². The number of amides is 1. The lowest BCUT2D eigenvalue weighted by Crippen LogP contribution is -2.33. The number of pyridine rings is 1. The number of hydrogen-bond donors (Lipinski definition) is 2. The molecule has 0 aromatic carbocycles. The normalized spacial score (nSPS) is 10.6. The predicted molar refractivity (Wildman–Crippen MR) is 72.1 cm³/mol. The van der Waals surface area contributed by atoms with Crippen LogP contribution < -0.4 is 10.6 Å². The molecule has 1 heterocycles. The molecule has 0 spiro atoms. The molecule has 1 amide bonds. The molecule has 0 aliphatic heterocycles. The highest BCUT2D eigenvalue weighted by Crippen LogP contribution is 1.94. The molecule has 0 bridgehead atoms. The van der Waals surface area contributed by atoms with Crippen molar-refractivity contribution in [2.75, 3.05) is 33.7 Å². The molecule has 0 saturated heterocycles. The van der Waals surface area contributed by atoms with Crippen LogP contribution in [0.4, 0.5) is 0 Å². The van der Waals surface area contributed by atoms with Crippen molar-refractivity contribution >= 4 is 5.91 Å². The largest absolute Gasteiger partial charge is 0.355 e. The van der Waals surface area contributed by atoms with E-state index in [1.165, 1.54) is 5.56 Å². The first kappa shape index (κ1) is 14.6. The Morgan fingerprint density at radius 3 is 2.67 bits per heavy atom. The van der Waals surface area contributed by atoms with E-state index in [1.807, 2.05) is 31.1 Å². The third kappa shape index (κ3) is 6.98. The van der Waals surface area contributed by atoms with Gasteiger partial charge >= 0.3 is 0 Å². The van der Waals surface area contributed by atoms with E-state index >= 15 is 0 Å². The Labute approximate surface area is 109 Å². The summed E-state index contributed by atoms with van der Waals surface area (Å²) in [5.41, 5.74) is 1.18. The smallest absolute Gasteiger partial charge is 0.221 e. The molecular formula is C13H22N4O. The van der Waals surface area contributed by atoms with Crippen LogP contribution in [0.25, 0.3) is 0 Å². The molecule has 0 aliphatic carbocycles. The molecule has 1 aromatic rings. The number of likely N-dealkylation sites (N-methyl/N-ethyl adjacent to an activating group) is 1. The standard InChI is InChI=1S/C13H22N4O/c1-17(2)10-9-16-13(18)5-8-15-11-12-3-6-14-7-4-12/h3-4,6-7,15H,5,8-11H2,1-2H3,(H,16,18). The van der Waals surface area contributed by atoms with E-state index in [9.17, 15) is 4.79 Å². The summed E-state index contributed by atoms with van der Waals surface area (Å²) in [6.45, 7) is 3.04. The van der Waals surface area contributed by atoms with Crippen LogP contribution in [0, 0.1) is 0 Å². The second-order valence-electron chi connectivity index (χ2n) is 4.44. The Morgan fingerprint density at radius 2 is 2.00 bits per heavy atom. The molecule has 5 heteroatoms. The maximum atomic E-state index is 11.5. The average Bonchev–Trinajstić information content (AvgIpc) is 2.35. The first-order chi connectivity index (χ1) is 8.68. The lowest BCUT2D eigenvalue weighted by atomic mass is 10.2. The van der Waals surface area contributed by atoms with Gasteiger partial charge in [0.1, 0.15) is 0 Å². The fourth-order valence-corrected chi connectivity index (χ4v) is 1.44. The van der Waals surface area contributed by atoms with Gasteiger partial charge in [0.25, 0.3) is 0 Å². The van der Waals surface area contributed by atoms with Gasteiger partial charge < -0.3 is 15.5 Å². The van der Waals surface area contributed by atoms with E-state index in [0.717, 1.165) is 13.1 Å². The highest BCUT2D eigenvalue weighted by Gasteiger charge is 2.00. The molecule has 0 aliphatic rings. The Hall–Kier alpha value is -1.46. The molecule has 1 aromatic heterocycles. The Balaban J connectivity index is 2.02. The molecule has 0 unspecified atom stereocenters. The van der Waals surface area contributed by atoms with E-state index in [0.29, 0.717) is 19.5 Å². The molecule has 5 nitrogen and oxygen atoms in total. The number of hydrogen-bond acceptors (Lipinski definition) is 4. The van der Waals surface area contributed by atoms with Crippen molar-refractivity contribution in [1.82, 2.24) is 20.5 Å². The fraction of sp³-hybridized carbons (Fsp3) is 0.538. The van der Waals surface area contributed by atoms with Crippen LogP contribution in [0.3, 0.4) is 0 Å². The van der Waals surface area contributed by atoms with E-state index in [-0.39, 0.29) is 5.91 Å². The van der Waals surface area contributed by atoms with Gasteiger partial charge in [-0.05, 0) is 31.8 Å². The van der Waals surface area contributed by atoms with E-state index in [2.05, 4.69) is 15.6 Å². The third-order valence-corrected chi connectivity index (χ3v) is 2.49. The first-order valence-electron chi connectivity index (χ1n) is 6.19. The van der Waals surface area contributed by atoms with Gasteiger partial charge in [-0.3, -0.25) is 9.78 Å². The van der Waals surface area contributed by atoms with Crippen LogP contribution in [0.2, 0.25) is 0 Å². The molecule has 0 fully saturated rings. The average molecular weight is 250 g/mol. The van der Waals surface area contributed by atoms with Crippen molar-refractivity contribution in [2.45, 2.75) is 13.0 Å². The topological polar surface area (TPSA) is 57.3 Å². The van der Waals surface area contributed by atoms with E-state index in [1.54, 1.807) is 12.4 Å². The van der Waals surface area contributed by atoms with Gasteiger partial charge in [-0.15, -0.1) is 0 Å². The SMILES string of the molecule is CN(C)CCNC(=O)CCNCc1ccncc1. The monoisotopic (exact) mass is 250 g/mol. The minimum Gasteiger partial charge on any atom is -0.355 e. The van der Waals surface area contributed by atoms with E-state index < -0.39 is 0 Å². The van der Waals surface area contributed by atoms with Gasteiger partial charge in [-0.1, -0.05) is 0 Å². The van der Waals surface area contributed by atoms with Gasteiger partial charge in [0, 0.05) is 45.0 Å². The number of rotatable bonds is 8. The number of aromatic nitrogens is 1. The van der Waals surface area contributed by atoms with Gasteiger partial charge in [0.2, 0.25) is 5.91 Å². The minimum absolute atomic E-state index is 0.0964. The zero-order valence-corrected chi connectivity index (χ0v) is 11.1. The van der Waals surface area contributed by atoms with Crippen molar-refractivity contribution in [3.05, 3.63) is 30.1 Å². The minimum atomic E-state index is 0.0964. The molecule has 0 atom stereocenters. The third-order valence-electron chi connectivity index (χ3n) is 2.49. The Kier molecular flexibility index (Phi) is 6.98. The molecule has 2 N–H and O–H groups in total. The van der Waals surface area contributed by atoms with Crippen molar-refractivity contribution in [1.29, 1.82) is 0 Å². The Bertz CT molecular complexity index is 340. The maximum absolute atomic E-state index is 11.5. The van der Waals surface area contributed by atoms with Crippen molar-refractivity contribution < 1.29 is 4.79 Å². The van der Waals surface area contributed by atoms with Crippen molar-refractivity contribution in [3.63, 3.8) is 0 Å². The molecule has 1 rings (SSSR count). The fourth-order valence-electron chi connectivity index (χ4n) is 1.44. The molecular weight excluding hydrogens is 228 g/mol. The second-order valence-corrected chi connectivity index (χ2v) is 4.44. The zero-order valence-electron chi connectivity index (χ0n) is 11.1. The molecule has 0 saturated carbocycles. The van der Waals surface area contributed by atoms with Crippen LogP contribution in [0.5, 0.6) is 0 Å². The van der Waals surface area contributed by atoms with Gasteiger partial charge in [0.05, 0.1) is 0 Å². The highest BCUT2D eigenvalue weighted by molar-refractivity contribution is 5.76. The van der Waals surface area contributed by atoms with Gasteiger partial charge in [0.15, 0.2) is 0 Å². The van der Waals surface area contributed by atoms with Crippen molar-refractivity contribution in [3.8, 4) is 0 Å². The van der Waals surface area contributed by atoms with Crippen LogP contribution in [0.1, 0.15) is 12.0 Å². The number of carbonyl (C=O) groups excluding carboxylic acids is 1. The second kappa shape index (κ2) is 8.60.